The monoisotopic (exact) mass is 273 g/mol. The smallest absolute Gasteiger partial charge is 0.160 e. The molecule has 1 aromatic carbocycles. The van der Waals surface area contributed by atoms with Crippen molar-refractivity contribution in [1.82, 2.24) is 14.5 Å². The van der Waals surface area contributed by atoms with Crippen molar-refractivity contribution in [1.29, 1.82) is 0 Å². The van der Waals surface area contributed by atoms with Gasteiger partial charge in [0.2, 0.25) is 0 Å². The number of phenolic OH excluding ortho intramolecular Hbond substituents is 1. The van der Waals surface area contributed by atoms with Crippen LogP contribution in [0.1, 0.15) is 6.92 Å². The summed E-state index contributed by atoms with van der Waals surface area (Å²) in [6.07, 6.45) is 1.74. The molecule has 0 saturated heterocycles. The summed E-state index contributed by atoms with van der Waals surface area (Å²) in [7, 11) is 0. The van der Waals surface area contributed by atoms with E-state index < -0.39 is 0 Å². The Morgan fingerprint density at radius 3 is 2.89 bits per heavy atom. The molecule has 0 aliphatic heterocycles. The van der Waals surface area contributed by atoms with Crippen LogP contribution in [-0.4, -0.2) is 19.6 Å². The van der Waals surface area contributed by atoms with E-state index in [9.17, 15) is 5.11 Å². The average molecular weight is 274 g/mol. The largest absolute Gasteiger partial charge is 0.507 e. The van der Waals surface area contributed by atoms with Gasteiger partial charge >= 0.3 is 0 Å². The molecule has 0 aliphatic rings. The first kappa shape index (κ1) is 12.0. The Morgan fingerprint density at radius 2 is 2.16 bits per heavy atom. The third-order valence-corrected chi connectivity index (χ3v) is 3.26. The summed E-state index contributed by atoms with van der Waals surface area (Å²) >= 11 is 5.86. The molecule has 2 heterocycles. The lowest BCUT2D eigenvalue weighted by molar-refractivity contribution is 0.476. The fourth-order valence-corrected chi connectivity index (χ4v) is 2.32. The van der Waals surface area contributed by atoms with Crippen LogP contribution in [0.2, 0.25) is 5.02 Å². The number of hydrogen-bond acceptors (Lipinski definition) is 3. The molecule has 0 unspecified atom stereocenters. The summed E-state index contributed by atoms with van der Waals surface area (Å²) in [6, 6.07) is 8.78. The molecule has 0 radical (unpaired) electrons. The van der Waals surface area contributed by atoms with Gasteiger partial charge in [0.25, 0.3) is 0 Å². The van der Waals surface area contributed by atoms with Crippen molar-refractivity contribution in [3.05, 3.63) is 41.6 Å². The van der Waals surface area contributed by atoms with Gasteiger partial charge in [-0.1, -0.05) is 11.6 Å². The number of fused-ring (bicyclic) bond motifs is 1. The van der Waals surface area contributed by atoms with Crippen molar-refractivity contribution >= 4 is 22.8 Å². The standard InChI is InChI=1S/C14H12ClN3O/c1-2-18-13(10-6-5-9(15)8-12(10)19)17-11-4-3-7-16-14(11)18/h3-8,19H,2H2,1H3. The van der Waals surface area contributed by atoms with E-state index in [-0.39, 0.29) is 5.75 Å². The molecule has 0 atom stereocenters. The van der Waals surface area contributed by atoms with Crippen LogP contribution in [0, 0.1) is 0 Å². The highest BCUT2D eigenvalue weighted by atomic mass is 35.5. The molecule has 2 aromatic heterocycles. The Labute approximate surface area is 115 Å². The molecule has 1 N–H and O–H groups in total. The minimum atomic E-state index is 0.123. The van der Waals surface area contributed by atoms with Crippen LogP contribution in [0.4, 0.5) is 0 Å². The summed E-state index contributed by atoms with van der Waals surface area (Å²) in [6.45, 7) is 2.75. The maximum Gasteiger partial charge on any atom is 0.160 e. The topological polar surface area (TPSA) is 50.9 Å². The van der Waals surface area contributed by atoms with Gasteiger partial charge in [0.15, 0.2) is 5.65 Å². The van der Waals surface area contributed by atoms with Crippen LogP contribution in [-0.2, 0) is 6.54 Å². The van der Waals surface area contributed by atoms with Crippen molar-refractivity contribution < 1.29 is 5.11 Å². The lowest BCUT2D eigenvalue weighted by atomic mass is 10.2. The molecule has 4 nitrogen and oxygen atoms in total. The van der Waals surface area contributed by atoms with Crippen molar-refractivity contribution in [2.24, 2.45) is 0 Å². The van der Waals surface area contributed by atoms with Crippen LogP contribution in [0.15, 0.2) is 36.5 Å². The van der Waals surface area contributed by atoms with Gasteiger partial charge in [0.05, 0.1) is 5.56 Å². The minimum Gasteiger partial charge on any atom is -0.507 e. The molecule has 5 heteroatoms. The fourth-order valence-electron chi connectivity index (χ4n) is 2.16. The van der Waals surface area contributed by atoms with Gasteiger partial charge in [-0.25, -0.2) is 9.97 Å². The summed E-state index contributed by atoms with van der Waals surface area (Å²) in [5, 5.41) is 10.5. The van der Waals surface area contributed by atoms with Crippen molar-refractivity contribution in [3.63, 3.8) is 0 Å². The highest BCUT2D eigenvalue weighted by Gasteiger charge is 2.15. The number of aryl methyl sites for hydroxylation is 1. The third kappa shape index (κ3) is 1.94. The summed E-state index contributed by atoms with van der Waals surface area (Å²) in [5.41, 5.74) is 2.28. The van der Waals surface area contributed by atoms with Crippen molar-refractivity contribution in [2.45, 2.75) is 13.5 Å². The lowest BCUT2D eigenvalue weighted by Gasteiger charge is -2.07. The minimum absolute atomic E-state index is 0.123. The summed E-state index contributed by atoms with van der Waals surface area (Å²) in [4.78, 5) is 8.88. The number of hydrogen-bond donors (Lipinski definition) is 1. The van der Waals surface area contributed by atoms with Crippen LogP contribution in [0.25, 0.3) is 22.6 Å². The first-order valence-corrected chi connectivity index (χ1v) is 6.38. The highest BCUT2D eigenvalue weighted by molar-refractivity contribution is 6.30. The molecule has 0 spiro atoms. The second-order valence-electron chi connectivity index (χ2n) is 4.19. The zero-order valence-corrected chi connectivity index (χ0v) is 11.1. The van der Waals surface area contributed by atoms with E-state index in [1.54, 1.807) is 18.3 Å². The number of aromatic nitrogens is 3. The van der Waals surface area contributed by atoms with Gasteiger partial charge in [-0.3, -0.25) is 0 Å². The molecule has 19 heavy (non-hydrogen) atoms. The predicted molar refractivity (Wildman–Crippen MR) is 75.3 cm³/mol. The van der Waals surface area contributed by atoms with Crippen molar-refractivity contribution in [2.75, 3.05) is 0 Å². The summed E-state index contributed by atoms with van der Waals surface area (Å²) in [5.74, 6) is 0.822. The highest BCUT2D eigenvalue weighted by Crippen LogP contribution is 2.32. The first-order valence-electron chi connectivity index (χ1n) is 6.01. The molecule has 0 fully saturated rings. The number of benzene rings is 1. The van der Waals surface area contributed by atoms with E-state index >= 15 is 0 Å². The van der Waals surface area contributed by atoms with Crippen LogP contribution >= 0.6 is 11.6 Å². The zero-order valence-electron chi connectivity index (χ0n) is 10.3. The van der Waals surface area contributed by atoms with E-state index in [4.69, 9.17) is 11.6 Å². The number of halogens is 1. The second-order valence-corrected chi connectivity index (χ2v) is 4.62. The van der Waals surface area contributed by atoms with Gasteiger partial charge in [-0.15, -0.1) is 0 Å². The maximum atomic E-state index is 10.0. The number of phenols is 1. The maximum absolute atomic E-state index is 10.0. The Morgan fingerprint density at radius 1 is 1.32 bits per heavy atom. The SMILES string of the molecule is CCn1c(-c2ccc(Cl)cc2O)nc2cccnc21. The number of imidazole rings is 1. The van der Waals surface area contributed by atoms with Crippen LogP contribution in [0.5, 0.6) is 5.75 Å². The molecular weight excluding hydrogens is 262 g/mol. The van der Waals surface area contributed by atoms with Gasteiger partial charge in [0, 0.05) is 17.8 Å². The summed E-state index contributed by atoms with van der Waals surface area (Å²) < 4.78 is 1.97. The Hall–Kier alpha value is -2.07. The molecule has 3 aromatic rings. The van der Waals surface area contributed by atoms with Gasteiger partial charge in [-0.05, 0) is 37.3 Å². The third-order valence-electron chi connectivity index (χ3n) is 3.02. The molecule has 0 bridgehead atoms. The molecular formula is C14H12ClN3O. The van der Waals surface area contributed by atoms with Gasteiger partial charge in [0.1, 0.15) is 17.1 Å². The van der Waals surface area contributed by atoms with E-state index in [0.717, 1.165) is 17.7 Å². The van der Waals surface area contributed by atoms with Gasteiger partial charge < -0.3 is 9.67 Å². The van der Waals surface area contributed by atoms with Gasteiger partial charge in [-0.2, -0.15) is 0 Å². The van der Waals surface area contributed by atoms with E-state index in [1.165, 1.54) is 6.07 Å². The molecule has 96 valence electrons. The molecule has 0 amide bonds. The second kappa shape index (κ2) is 4.55. The van der Waals surface area contributed by atoms with Crippen LogP contribution < -0.4 is 0 Å². The number of aromatic hydroxyl groups is 1. The zero-order chi connectivity index (χ0) is 13.4. The quantitative estimate of drug-likeness (QED) is 0.778. The fraction of sp³-hybridized carbons (Fsp3) is 0.143. The van der Waals surface area contributed by atoms with E-state index in [0.29, 0.717) is 16.4 Å². The number of nitrogens with zero attached hydrogens (tertiary/aromatic N) is 3. The normalized spacial score (nSPS) is 11.1. The van der Waals surface area contributed by atoms with Crippen molar-refractivity contribution in [3.8, 4) is 17.1 Å². The Bertz CT molecular complexity index is 752. The number of pyridine rings is 1. The molecule has 0 aliphatic carbocycles. The van der Waals surface area contributed by atoms with E-state index in [2.05, 4.69) is 9.97 Å². The Kier molecular flexibility index (Phi) is 2.87. The van der Waals surface area contributed by atoms with Crippen LogP contribution in [0.3, 0.4) is 0 Å². The predicted octanol–water partition coefficient (Wildman–Crippen LogP) is 3.48. The number of rotatable bonds is 2. The molecule has 0 saturated carbocycles. The molecule has 3 rings (SSSR count). The lowest BCUT2D eigenvalue weighted by Crippen LogP contribution is -1.98. The first-order chi connectivity index (χ1) is 9.20. The van der Waals surface area contributed by atoms with E-state index in [1.807, 2.05) is 23.6 Å². The average Bonchev–Trinajstić information content (AvgIpc) is 2.76. The Balaban J connectivity index is 2.30.